The third-order valence-electron chi connectivity index (χ3n) is 17.0. The number of aliphatic hydroxyl groups excluding tert-OH is 3. The van der Waals surface area contributed by atoms with E-state index in [1.54, 1.807) is 18.2 Å². The number of phenolic OH excluding ortho intramolecular Hbond substituents is 1. The number of aryl methyl sites for hydroxylation is 1. The molecular weight excluding hydrogens is 686 g/mol. The molecule has 5 aliphatic carbocycles. The van der Waals surface area contributed by atoms with Gasteiger partial charge >= 0.3 is 0 Å². The highest BCUT2D eigenvalue weighted by molar-refractivity contribution is 5.98. The molecule has 10 heteroatoms. The molecule has 54 heavy (non-hydrogen) atoms. The molecule has 0 aromatic heterocycles. The summed E-state index contributed by atoms with van der Waals surface area (Å²) >= 11 is 0. The van der Waals surface area contributed by atoms with E-state index >= 15 is 0 Å². The molecule has 1 spiro atoms. The van der Waals surface area contributed by atoms with E-state index in [4.69, 9.17) is 4.74 Å². The van der Waals surface area contributed by atoms with Crippen LogP contribution in [0.3, 0.4) is 0 Å². The van der Waals surface area contributed by atoms with Gasteiger partial charge in [-0.05, 0) is 135 Å². The monoisotopic (exact) mass is 749 g/mol. The summed E-state index contributed by atoms with van der Waals surface area (Å²) in [6.07, 6.45) is 6.72. The Hall–Kier alpha value is -2.34. The maximum Gasteiger partial charge on any atom is 0.227 e. The number of benzene rings is 1. The first-order chi connectivity index (χ1) is 25.4. The lowest BCUT2D eigenvalue weighted by Crippen LogP contribution is -2.67. The predicted molar refractivity (Wildman–Crippen MR) is 202 cm³/mol. The molecular formula is C44H63NO9. The van der Waals surface area contributed by atoms with Gasteiger partial charge in [0.2, 0.25) is 5.91 Å². The van der Waals surface area contributed by atoms with Crippen LogP contribution >= 0.6 is 0 Å². The molecule has 2 saturated heterocycles. The van der Waals surface area contributed by atoms with Gasteiger partial charge in [0.25, 0.3) is 0 Å². The minimum absolute atomic E-state index is 0.0110. The van der Waals surface area contributed by atoms with Crippen molar-refractivity contribution in [3.63, 3.8) is 0 Å². The molecule has 298 valence electrons. The van der Waals surface area contributed by atoms with Gasteiger partial charge in [0.15, 0.2) is 5.78 Å². The fourth-order valence-electron chi connectivity index (χ4n) is 13.5. The first-order valence-electron chi connectivity index (χ1n) is 20.8. The molecule has 6 fully saturated rings. The molecule has 7 aliphatic rings. The molecule has 0 radical (unpaired) electrons. The van der Waals surface area contributed by atoms with E-state index in [9.17, 15) is 40.2 Å². The van der Waals surface area contributed by atoms with Gasteiger partial charge in [-0.15, -0.1) is 0 Å². The van der Waals surface area contributed by atoms with E-state index in [-0.39, 0.29) is 59.6 Å². The average Bonchev–Trinajstić information content (AvgIpc) is 3.54. The van der Waals surface area contributed by atoms with Crippen molar-refractivity contribution in [3.8, 4) is 5.75 Å². The quantitative estimate of drug-likeness (QED) is 0.191. The zero-order chi connectivity index (χ0) is 38.8. The largest absolute Gasteiger partial charge is 0.508 e. The second kappa shape index (κ2) is 12.8. The van der Waals surface area contributed by atoms with Crippen molar-refractivity contribution >= 4 is 17.4 Å². The van der Waals surface area contributed by atoms with Crippen LogP contribution in [0.4, 0.5) is 5.69 Å². The topological polar surface area (TPSA) is 171 Å². The number of rotatable bonds is 9. The molecule has 6 N–H and O–H groups in total. The lowest BCUT2D eigenvalue weighted by molar-refractivity contribution is -0.195. The molecule has 1 amide bonds. The number of amides is 1. The molecule has 2 heterocycles. The van der Waals surface area contributed by atoms with Crippen molar-refractivity contribution in [2.24, 2.45) is 45.3 Å². The van der Waals surface area contributed by atoms with Gasteiger partial charge in [-0.1, -0.05) is 40.5 Å². The zero-order valence-electron chi connectivity index (χ0n) is 32.9. The first kappa shape index (κ1) is 38.5. The van der Waals surface area contributed by atoms with Crippen molar-refractivity contribution < 1.29 is 45.0 Å². The Bertz CT molecular complexity index is 1720. The van der Waals surface area contributed by atoms with Gasteiger partial charge in [0.1, 0.15) is 11.9 Å². The molecule has 1 aromatic rings. The molecule has 8 rings (SSSR count). The Labute approximate surface area is 320 Å². The van der Waals surface area contributed by atoms with E-state index in [1.807, 2.05) is 24.8 Å². The SMILES string of the molecule is CC(C)[C@@H](C)[C@H]1O[C@H]1[C@](C)(O)[C@@H]1CC[C@]2(O)C3=CC(=O)[C@@]4(CO)C[C@@H](O)[C@@H](O)C[C@]4(C)[C@@H]3CC[C@]12CCc1cc(O)cc(N2CC3(CCCC3)CC2=O)c1. The van der Waals surface area contributed by atoms with Crippen molar-refractivity contribution in [1.29, 1.82) is 0 Å². The number of ketones is 1. The van der Waals surface area contributed by atoms with Gasteiger partial charge in [0, 0.05) is 30.1 Å². The van der Waals surface area contributed by atoms with Crippen LogP contribution in [0.25, 0.3) is 0 Å². The van der Waals surface area contributed by atoms with Crippen LogP contribution in [0.2, 0.25) is 0 Å². The molecule has 10 nitrogen and oxygen atoms in total. The number of phenols is 1. The summed E-state index contributed by atoms with van der Waals surface area (Å²) < 4.78 is 6.29. The lowest BCUT2D eigenvalue weighted by Gasteiger charge is -2.64. The number of carbonyl (C=O) groups excluding carboxylic acids is 2. The van der Waals surface area contributed by atoms with Crippen LogP contribution in [-0.4, -0.2) is 91.1 Å². The second-order valence-corrected chi connectivity index (χ2v) is 19.9. The third kappa shape index (κ3) is 5.39. The maximum absolute atomic E-state index is 14.3. The summed E-state index contributed by atoms with van der Waals surface area (Å²) in [6, 6.07) is 5.40. The lowest BCUT2D eigenvalue weighted by atomic mass is 9.40. The minimum Gasteiger partial charge on any atom is -0.508 e. The molecule has 12 atom stereocenters. The molecule has 2 aliphatic heterocycles. The number of ether oxygens (including phenoxy) is 1. The normalized spacial score (nSPS) is 42.8. The highest BCUT2D eigenvalue weighted by Crippen LogP contribution is 2.72. The summed E-state index contributed by atoms with van der Waals surface area (Å²) in [5.74, 6) is -0.268. The van der Waals surface area contributed by atoms with Crippen molar-refractivity contribution in [3.05, 3.63) is 35.4 Å². The molecule has 1 aromatic carbocycles. The number of nitrogens with zero attached hydrogens (tertiary/aromatic N) is 1. The summed E-state index contributed by atoms with van der Waals surface area (Å²) in [5, 5.41) is 69.7. The number of anilines is 1. The predicted octanol–water partition coefficient (Wildman–Crippen LogP) is 4.98. The summed E-state index contributed by atoms with van der Waals surface area (Å²) in [6.45, 7) is 10.5. The summed E-state index contributed by atoms with van der Waals surface area (Å²) in [5.41, 5.74) is -3.64. The highest BCUT2D eigenvalue weighted by Gasteiger charge is 2.74. The van der Waals surface area contributed by atoms with Gasteiger partial charge in [-0.2, -0.15) is 0 Å². The summed E-state index contributed by atoms with van der Waals surface area (Å²) in [7, 11) is 0. The number of aliphatic hydroxyl groups is 5. The van der Waals surface area contributed by atoms with Gasteiger partial charge in [0.05, 0.1) is 41.5 Å². The van der Waals surface area contributed by atoms with Crippen LogP contribution in [0, 0.1) is 45.3 Å². The van der Waals surface area contributed by atoms with E-state index in [1.165, 1.54) is 0 Å². The third-order valence-corrected chi connectivity index (χ3v) is 17.0. The number of allylic oxidation sites excluding steroid dienone is 1. The Balaban J connectivity index is 1.17. The fourth-order valence-corrected chi connectivity index (χ4v) is 13.5. The zero-order valence-corrected chi connectivity index (χ0v) is 32.9. The number of hydrogen-bond donors (Lipinski definition) is 6. The Morgan fingerprint density at radius 1 is 1.00 bits per heavy atom. The van der Waals surface area contributed by atoms with Gasteiger partial charge < -0.3 is 40.3 Å². The minimum atomic E-state index is -1.47. The Kier molecular flexibility index (Phi) is 9.16. The van der Waals surface area contributed by atoms with Crippen molar-refractivity contribution in [1.82, 2.24) is 0 Å². The number of carbonyl (C=O) groups is 2. The Morgan fingerprint density at radius 2 is 1.70 bits per heavy atom. The smallest absolute Gasteiger partial charge is 0.227 e. The number of hydrogen-bond acceptors (Lipinski definition) is 9. The van der Waals surface area contributed by atoms with Crippen LogP contribution in [0.5, 0.6) is 5.75 Å². The molecule has 4 saturated carbocycles. The van der Waals surface area contributed by atoms with Crippen LogP contribution in [-0.2, 0) is 20.7 Å². The first-order valence-corrected chi connectivity index (χ1v) is 20.8. The van der Waals surface area contributed by atoms with Crippen molar-refractivity contribution in [2.75, 3.05) is 18.1 Å². The average molecular weight is 750 g/mol. The maximum atomic E-state index is 14.3. The number of aromatic hydroxyl groups is 1. The molecule has 0 bridgehead atoms. The van der Waals surface area contributed by atoms with Crippen molar-refractivity contribution in [2.45, 2.75) is 154 Å². The van der Waals surface area contributed by atoms with Crippen LogP contribution < -0.4 is 4.90 Å². The van der Waals surface area contributed by atoms with Crippen LogP contribution in [0.1, 0.15) is 117 Å². The van der Waals surface area contributed by atoms with E-state index in [2.05, 4.69) is 20.8 Å². The van der Waals surface area contributed by atoms with E-state index < -0.39 is 52.4 Å². The fraction of sp³-hybridized carbons (Fsp3) is 0.773. The van der Waals surface area contributed by atoms with Gasteiger partial charge in [-0.25, -0.2) is 0 Å². The number of epoxide rings is 1. The molecule has 0 unspecified atom stereocenters. The Morgan fingerprint density at radius 3 is 2.39 bits per heavy atom. The van der Waals surface area contributed by atoms with E-state index in [0.29, 0.717) is 68.7 Å². The standard InChI is InChI=1S/C44H63NO9/c1-25(2)26(3)37-38(54-37)40(5,52)34-10-15-44(53)31-19-35(50)43(24-46)21-33(49)32(48)20-39(43,4)30(31)9-14-42(34,44)13-8-27-16-28(18-29(47)17-27)45-23-41(22-36(45)51)11-6-7-12-41/h16-19,25-26,30,32-34,37-38,46-49,52-53H,6-15,20-24H2,1-5H3/t26-,30-,32+,33-,34+,37-,38-,39-,40-,42-,43+,44+/m1/s1. The highest BCUT2D eigenvalue weighted by atomic mass is 16.6. The summed E-state index contributed by atoms with van der Waals surface area (Å²) in [4.78, 5) is 29.5. The second-order valence-electron chi connectivity index (χ2n) is 19.9. The number of fused-ring (bicyclic) bond motifs is 5. The van der Waals surface area contributed by atoms with E-state index in [0.717, 1.165) is 31.2 Å². The van der Waals surface area contributed by atoms with Gasteiger partial charge in [-0.3, -0.25) is 9.59 Å². The van der Waals surface area contributed by atoms with Crippen LogP contribution in [0.15, 0.2) is 29.8 Å².